The van der Waals surface area contributed by atoms with Crippen LogP contribution in [0.2, 0.25) is 0 Å². The van der Waals surface area contributed by atoms with Gasteiger partial charge in [0.25, 0.3) is 0 Å². The van der Waals surface area contributed by atoms with Gasteiger partial charge in [0.15, 0.2) is 0 Å². The monoisotopic (exact) mass is 286 g/mol. The summed E-state index contributed by atoms with van der Waals surface area (Å²) >= 11 is 0. The molecule has 0 amide bonds. The van der Waals surface area contributed by atoms with Crippen molar-refractivity contribution in [3.8, 4) is 0 Å². The van der Waals surface area contributed by atoms with Gasteiger partial charge < -0.3 is 10.4 Å². The molecule has 1 aromatic carbocycles. The van der Waals surface area contributed by atoms with Crippen LogP contribution in [0.5, 0.6) is 0 Å². The SMILES string of the molecule is CC(O)CNCc1ccc(C(C)NS(C)(=O)=O)cc1. The third kappa shape index (κ3) is 6.68. The van der Waals surface area contributed by atoms with E-state index in [9.17, 15) is 8.42 Å². The molecule has 0 saturated heterocycles. The molecule has 0 aliphatic rings. The Hall–Kier alpha value is -0.950. The van der Waals surface area contributed by atoms with Gasteiger partial charge in [-0.05, 0) is 25.0 Å². The maximum atomic E-state index is 11.1. The standard InChI is InChI=1S/C13H22N2O3S/c1-10(16)8-14-9-12-4-6-13(7-5-12)11(2)15-19(3,17)18/h4-7,10-11,14-16H,8-9H2,1-3H3. The van der Waals surface area contributed by atoms with Crippen molar-refractivity contribution >= 4 is 10.0 Å². The highest BCUT2D eigenvalue weighted by molar-refractivity contribution is 7.88. The molecule has 0 heterocycles. The Kier molecular flexibility index (Phi) is 5.93. The highest BCUT2D eigenvalue weighted by Crippen LogP contribution is 2.14. The molecule has 0 aliphatic heterocycles. The van der Waals surface area contributed by atoms with Gasteiger partial charge in [-0.15, -0.1) is 0 Å². The van der Waals surface area contributed by atoms with E-state index in [1.807, 2.05) is 31.2 Å². The van der Waals surface area contributed by atoms with E-state index >= 15 is 0 Å². The van der Waals surface area contributed by atoms with Crippen LogP contribution < -0.4 is 10.0 Å². The molecule has 1 rings (SSSR count). The van der Waals surface area contributed by atoms with E-state index in [2.05, 4.69) is 10.0 Å². The lowest BCUT2D eigenvalue weighted by Crippen LogP contribution is -2.25. The zero-order valence-electron chi connectivity index (χ0n) is 11.6. The Morgan fingerprint density at radius 1 is 1.21 bits per heavy atom. The van der Waals surface area contributed by atoms with Crippen molar-refractivity contribution in [3.05, 3.63) is 35.4 Å². The Labute approximate surface area is 115 Å². The minimum Gasteiger partial charge on any atom is -0.392 e. The topological polar surface area (TPSA) is 78.4 Å². The van der Waals surface area contributed by atoms with E-state index in [1.165, 1.54) is 0 Å². The Morgan fingerprint density at radius 3 is 2.26 bits per heavy atom. The smallest absolute Gasteiger partial charge is 0.209 e. The first-order chi connectivity index (χ1) is 8.78. The normalized spacial score (nSPS) is 15.2. The molecule has 0 fully saturated rings. The molecule has 3 N–H and O–H groups in total. The summed E-state index contributed by atoms with van der Waals surface area (Å²) in [4.78, 5) is 0. The third-order valence-electron chi connectivity index (χ3n) is 2.64. The van der Waals surface area contributed by atoms with Crippen LogP contribution in [-0.4, -0.2) is 32.4 Å². The number of aliphatic hydroxyl groups excluding tert-OH is 1. The summed E-state index contributed by atoms with van der Waals surface area (Å²) < 4.78 is 24.8. The molecule has 0 spiro atoms. The minimum atomic E-state index is -3.20. The summed E-state index contributed by atoms with van der Waals surface area (Å²) in [5.74, 6) is 0. The largest absolute Gasteiger partial charge is 0.392 e. The van der Waals surface area contributed by atoms with E-state index in [4.69, 9.17) is 5.11 Å². The number of hydrogen-bond donors (Lipinski definition) is 3. The lowest BCUT2D eigenvalue weighted by Gasteiger charge is -2.13. The maximum absolute atomic E-state index is 11.1. The predicted octanol–water partition coefficient (Wildman–Crippen LogP) is 0.767. The third-order valence-corrected chi connectivity index (χ3v) is 3.42. The quantitative estimate of drug-likeness (QED) is 0.692. The second kappa shape index (κ2) is 7.00. The number of aliphatic hydroxyl groups is 1. The molecule has 0 aliphatic carbocycles. The summed E-state index contributed by atoms with van der Waals surface area (Å²) in [6.45, 7) is 4.77. The Balaban J connectivity index is 2.56. The highest BCUT2D eigenvalue weighted by atomic mass is 32.2. The molecule has 0 radical (unpaired) electrons. The van der Waals surface area contributed by atoms with Crippen LogP contribution in [0.4, 0.5) is 0 Å². The molecule has 5 nitrogen and oxygen atoms in total. The van der Waals surface area contributed by atoms with Crippen molar-refractivity contribution in [1.82, 2.24) is 10.0 Å². The number of benzene rings is 1. The van der Waals surface area contributed by atoms with E-state index in [0.717, 1.165) is 17.4 Å². The fourth-order valence-electron chi connectivity index (χ4n) is 1.74. The summed E-state index contributed by atoms with van der Waals surface area (Å²) in [6, 6.07) is 7.47. The second-order valence-electron chi connectivity index (χ2n) is 4.83. The highest BCUT2D eigenvalue weighted by Gasteiger charge is 2.10. The molecular formula is C13H22N2O3S. The summed E-state index contributed by atoms with van der Waals surface area (Å²) in [7, 11) is -3.20. The van der Waals surface area contributed by atoms with Crippen LogP contribution in [-0.2, 0) is 16.6 Å². The van der Waals surface area contributed by atoms with Crippen LogP contribution >= 0.6 is 0 Å². The fourth-order valence-corrected chi connectivity index (χ4v) is 2.52. The average Bonchev–Trinajstić information content (AvgIpc) is 2.27. The molecule has 6 heteroatoms. The molecule has 0 bridgehead atoms. The number of nitrogens with one attached hydrogen (secondary N) is 2. The summed E-state index contributed by atoms with van der Waals surface area (Å²) in [5, 5.41) is 12.3. The van der Waals surface area contributed by atoms with Crippen LogP contribution in [0.25, 0.3) is 0 Å². The molecule has 0 saturated carbocycles. The number of sulfonamides is 1. The van der Waals surface area contributed by atoms with Gasteiger partial charge >= 0.3 is 0 Å². The van der Waals surface area contributed by atoms with Gasteiger partial charge in [-0.3, -0.25) is 0 Å². The van der Waals surface area contributed by atoms with E-state index in [1.54, 1.807) is 6.92 Å². The van der Waals surface area contributed by atoms with E-state index in [0.29, 0.717) is 13.1 Å². The van der Waals surface area contributed by atoms with E-state index in [-0.39, 0.29) is 12.1 Å². The van der Waals surface area contributed by atoms with E-state index < -0.39 is 10.0 Å². The lowest BCUT2D eigenvalue weighted by molar-refractivity contribution is 0.191. The first-order valence-corrected chi connectivity index (χ1v) is 8.12. The van der Waals surface area contributed by atoms with Crippen LogP contribution in [0, 0.1) is 0 Å². The van der Waals surface area contributed by atoms with Crippen LogP contribution in [0.3, 0.4) is 0 Å². The molecule has 1 aromatic rings. The zero-order chi connectivity index (χ0) is 14.5. The number of hydrogen-bond acceptors (Lipinski definition) is 4. The fraction of sp³-hybridized carbons (Fsp3) is 0.538. The Morgan fingerprint density at radius 2 is 1.79 bits per heavy atom. The van der Waals surface area contributed by atoms with Gasteiger partial charge in [0.05, 0.1) is 12.4 Å². The van der Waals surface area contributed by atoms with Crippen LogP contribution in [0.15, 0.2) is 24.3 Å². The first-order valence-electron chi connectivity index (χ1n) is 6.23. The van der Waals surface area contributed by atoms with Gasteiger partial charge in [0.1, 0.15) is 0 Å². The van der Waals surface area contributed by atoms with Crippen molar-refractivity contribution in [1.29, 1.82) is 0 Å². The zero-order valence-corrected chi connectivity index (χ0v) is 12.4. The second-order valence-corrected chi connectivity index (χ2v) is 6.61. The molecule has 2 unspecified atom stereocenters. The van der Waals surface area contributed by atoms with Crippen molar-refractivity contribution < 1.29 is 13.5 Å². The molecule has 0 aromatic heterocycles. The molecule has 19 heavy (non-hydrogen) atoms. The van der Waals surface area contributed by atoms with Gasteiger partial charge in [0.2, 0.25) is 10.0 Å². The molecule has 108 valence electrons. The first kappa shape index (κ1) is 16.1. The lowest BCUT2D eigenvalue weighted by atomic mass is 10.1. The predicted molar refractivity (Wildman–Crippen MR) is 76.2 cm³/mol. The Bertz CT molecular complexity index is 483. The number of rotatable bonds is 7. The van der Waals surface area contributed by atoms with Gasteiger partial charge in [-0.1, -0.05) is 24.3 Å². The summed E-state index contributed by atoms with van der Waals surface area (Å²) in [6.07, 6.45) is 0.788. The molecular weight excluding hydrogens is 264 g/mol. The summed E-state index contributed by atoms with van der Waals surface area (Å²) in [5.41, 5.74) is 2.01. The van der Waals surface area contributed by atoms with Crippen molar-refractivity contribution in [2.45, 2.75) is 32.5 Å². The van der Waals surface area contributed by atoms with Crippen molar-refractivity contribution in [2.24, 2.45) is 0 Å². The average molecular weight is 286 g/mol. The minimum absolute atomic E-state index is 0.241. The van der Waals surface area contributed by atoms with Crippen molar-refractivity contribution in [3.63, 3.8) is 0 Å². The van der Waals surface area contributed by atoms with Gasteiger partial charge in [-0.2, -0.15) is 0 Å². The van der Waals surface area contributed by atoms with Gasteiger partial charge in [-0.25, -0.2) is 13.1 Å². The maximum Gasteiger partial charge on any atom is 0.209 e. The van der Waals surface area contributed by atoms with Gasteiger partial charge in [0, 0.05) is 19.1 Å². The van der Waals surface area contributed by atoms with Crippen molar-refractivity contribution in [2.75, 3.05) is 12.8 Å². The molecule has 2 atom stereocenters. The van der Waals surface area contributed by atoms with Crippen LogP contribution in [0.1, 0.15) is 31.0 Å².